The van der Waals surface area contributed by atoms with E-state index in [2.05, 4.69) is 28.3 Å². The van der Waals surface area contributed by atoms with Crippen LogP contribution in [0.2, 0.25) is 0 Å². The van der Waals surface area contributed by atoms with Crippen molar-refractivity contribution in [3.63, 3.8) is 0 Å². The lowest BCUT2D eigenvalue weighted by Gasteiger charge is -2.22. The summed E-state index contributed by atoms with van der Waals surface area (Å²) in [6.45, 7) is 0. The quantitative estimate of drug-likeness (QED) is 0.453. The van der Waals surface area contributed by atoms with Crippen LogP contribution < -0.4 is 0 Å². The summed E-state index contributed by atoms with van der Waals surface area (Å²) < 4.78 is 49.7. The van der Waals surface area contributed by atoms with E-state index in [1.54, 1.807) is 0 Å². The second kappa shape index (κ2) is 4.06. The molecule has 1 nitrogen and oxygen atoms in total. The van der Waals surface area contributed by atoms with E-state index < -0.39 is 25.6 Å². The van der Waals surface area contributed by atoms with Gasteiger partial charge >= 0.3 is 6.18 Å². The van der Waals surface area contributed by atoms with Crippen molar-refractivity contribution in [1.29, 1.82) is 0 Å². The minimum Gasteiger partial charge on any atom is -0.246 e. The molecule has 15 heavy (non-hydrogen) atoms. The molecule has 0 radical (unpaired) electrons. The lowest BCUT2D eigenvalue weighted by Crippen LogP contribution is -2.07. The molecule has 1 rings (SSSR count). The Hall–Kier alpha value is -0.0800. The molecule has 0 fully saturated rings. The van der Waals surface area contributed by atoms with Crippen LogP contribution in [0.1, 0.15) is 5.56 Å². The molecular formula is C7H7F4NS3. The van der Waals surface area contributed by atoms with E-state index in [0.29, 0.717) is 12.3 Å². The number of alkyl halides is 3. The minimum atomic E-state index is -4.59. The molecule has 0 spiro atoms. The van der Waals surface area contributed by atoms with Crippen LogP contribution in [0.25, 0.3) is 0 Å². The van der Waals surface area contributed by atoms with Gasteiger partial charge in [0, 0.05) is 6.20 Å². The lowest BCUT2D eigenvalue weighted by atomic mass is 10.3. The topological polar surface area (TPSA) is 12.9 Å². The first-order chi connectivity index (χ1) is 6.62. The third-order valence-corrected chi connectivity index (χ3v) is 3.57. The summed E-state index contributed by atoms with van der Waals surface area (Å²) in [6.07, 6.45) is -2.51. The van der Waals surface area contributed by atoms with Gasteiger partial charge in [-0.05, 0) is 12.3 Å². The highest BCUT2D eigenvalue weighted by molar-refractivity contribution is 9.17. The largest absolute Gasteiger partial charge is 0.417 e. The van der Waals surface area contributed by atoms with Gasteiger partial charge in [0.25, 0.3) is 0 Å². The van der Waals surface area contributed by atoms with E-state index in [0.717, 1.165) is 0 Å². The van der Waals surface area contributed by atoms with Crippen molar-refractivity contribution in [1.82, 2.24) is 4.98 Å². The Morgan fingerprint density at radius 3 is 2.20 bits per heavy atom. The summed E-state index contributed by atoms with van der Waals surface area (Å²) in [5, 5.41) is -0.151. The number of hydrogen-bond donors (Lipinski definition) is 2. The molecule has 86 valence electrons. The fraction of sp³-hybridized carbons (Fsp3) is 0.286. The molecule has 0 aliphatic rings. The first kappa shape index (κ1) is 13.0. The molecule has 0 aliphatic carbocycles. The Balaban J connectivity index is 3.21. The molecule has 0 amide bonds. The summed E-state index contributed by atoms with van der Waals surface area (Å²) in [4.78, 5) is 3.41. The third-order valence-electron chi connectivity index (χ3n) is 1.50. The average Bonchev–Trinajstić information content (AvgIpc) is 1.99. The van der Waals surface area contributed by atoms with Gasteiger partial charge in [-0.15, -0.1) is 31.4 Å². The Kier molecular flexibility index (Phi) is 3.52. The summed E-state index contributed by atoms with van der Waals surface area (Å²) in [5.74, 6) is -1.03. The maximum absolute atomic E-state index is 13.2. The molecule has 1 heterocycles. The van der Waals surface area contributed by atoms with Crippen molar-refractivity contribution >= 4 is 31.4 Å². The molecular weight excluding hydrogens is 270 g/mol. The summed E-state index contributed by atoms with van der Waals surface area (Å²) in [7, 11) is -2.06. The molecule has 8 heteroatoms. The zero-order valence-corrected chi connectivity index (χ0v) is 10.0. The number of thiol groups is 2. The Labute approximate surface area is 95.2 Å². The van der Waals surface area contributed by atoms with Crippen LogP contribution in [0.3, 0.4) is 0 Å². The zero-order chi connectivity index (χ0) is 11.9. The maximum atomic E-state index is 13.2. The van der Waals surface area contributed by atoms with Crippen LogP contribution >= 0.6 is 31.4 Å². The van der Waals surface area contributed by atoms with Gasteiger partial charge in [0.1, 0.15) is 5.03 Å². The van der Waals surface area contributed by atoms with E-state index in [1.807, 2.05) is 0 Å². The van der Waals surface area contributed by atoms with Crippen LogP contribution in [0, 0.1) is 5.82 Å². The summed E-state index contributed by atoms with van der Waals surface area (Å²) in [6, 6.07) is 0.403. The number of pyridine rings is 1. The van der Waals surface area contributed by atoms with Crippen LogP contribution in [0.15, 0.2) is 17.3 Å². The molecule has 1 aromatic rings. The standard InChI is InChI=1S/C7H7F4NS3/c1-15(13,14)6-5(8)2-4(3-12-6)7(9,10)11/h2-3,13-14H,1H3. The van der Waals surface area contributed by atoms with E-state index in [4.69, 9.17) is 0 Å². The molecule has 0 atom stereocenters. The van der Waals surface area contributed by atoms with E-state index in [9.17, 15) is 17.6 Å². The predicted octanol–water partition coefficient (Wildman–Crippen LogP) is 3.72. The molecule has 0 aromatic carbocycles. The maximum Gasteiger partial charge on any atom is 0.417 e. The Bertz CT molecular complexity index is 371. The van der Waals surface area contributed by atoms with Crippen molar-refractivity contribution in [3.05, 3.63) is 23.6 Å². The molecule has 0 bridgehead atoms. The van der Waals surface area contributed by atoms with Crippen LogP contribution in [-0.2, 0) is 6.18 Å². The Morgan fingerprint density at radius 2 is 1.87 bits per heavy atom. The molecule has 0 saturated carbocycles. The number of halogens is 4. The van der Waals surface area contributed by atoms with Gasteiger partial charge in [0.15, 0.2) is 5.82 Å². The van der Waals surface area contributed by atoms with Gasteiger partial charge in [0.2, 0.25) is 0 Å². The highest BCUT2D eigenvalue weighted by Gasteiger charge is 2.32. The van der Waals surface area contributed by atoms with Gasteiger partial charge in [-0.1, -0.05) is 0 Å². The smallest absolute Gasteiger partial charge is 0.246 e. The van der Waals surface area contributed by atoms with Crippen LogP contribution in [-0.4, -0.2) is 11.2 Å². The molecule has 1 aromatic heterocycles. The fourth-order valence-electron chi connectivity index (χ4n) is 0.865. The monoisotopic (exact) mass is 277 g/mol. The third kappa shape index (κ3) is 3.18. The van der Waals surface area contributed by atoms with E-state index in [-0.39, 0.29) is 5.03 Å². The lowest BCUT2D eigenvalue weighted by molar-refractivity contribution is -0.138. The van der Waals surface area contributed by atoms with Gasteiger partial charge in [-0.25, -0.2) is 9.37 Å². The van der Waals surface area contributed by atoms with E-state index >= 15 is 0 Å². The van der Waals surface area contributed by atoms with Crippen molar-refractivity contribution in [2.24, 2.45) is 0 Å². The predicted molar refractivity (Wildman–Crippen MR) is 59.0 cm³/mol. The Morgan fingerprint density at radius 1 is 1.33 bits per heavy atom. The van der Waals surface area contributed by atoms with Crippen LogP contribution in [0.4, 0.5) is 17.6 Å². The molecule has 0 N–H and O–H groups in total. The number of aromatic nitrogens is 1. The molecule has 0 aliphatic heterocycles. The first-order valence-electron chi connectivity index (χ1n) is 3.58. The normalized spacial score (nSPS) is 14.1. The van der Waals surface area contributed by atoms with Crippen molar-refractivity contribution in [3.8, 4) is 0 Å². The summed E-state index contributed by atoms with van der Waals surface area (Å²) in [5.41, 5.74) is -1.12. The van der Waals surface area contributed by atoms with Crippen molar-refractivity contribution in [2.75, 3.05) is 6.26 Å². The minimum absolute atomic E-state index is 0.151. The molecule has 0 saturated heterocycles. The second-order valence-corrected chi connectivity index (χ2v) is 10.1. The fourth-order valence-corrected chi connectivity index (χ4v) is 2.35. The number of rotatable bonds is 1. The van der Waals surface area contributed by atoms with Gasteiger partial charge in [-0.3, -0.25) is 0 Å². The number of nitrogens with zero attached hydrogens (tertiary/aromatic N) is 1. The average molecular weight is 277 g/mol. The van der Waals surface area contributed by atoms with Crippen LogP contribution in [0.5, 0.6) is 0 Å². The zero-order valence-electron chi connectivity index (χ0n) is 7.42. The molecule has 0 unspecified atom stereocenters. The first-order valence-corrected chi connectivity index (χ1v) is 7.73. The second-order valence-electron chi connectivity index (χ2n) is 2.84. The highest BCUT2D eigenvalue weighted by atomic mass is 33.5. The summed E-state index contributed by atoms with van der Waals surface area (Å²) >= 11 is 7.97. The van der Waals surface area contributed by atoms with Gasteiger partial charge in [0.05, 0.1) is 5.56 Å². The highest BCUT2D eigenvalue weighted by Crippen LogP contribution is 2.60. The van der Waals surface area contributed by atoms with Gasteiger partial charge in [-0.2, -0.15) is 13.2 Å². The van der Waals surface area contributed by atoms with Crippen molar-refractivity contribution < 1.29 is 17.6 Å². The SMILES string of the molecule is CS(S)(S)c1ncc(C(F)(F)F)cc1F. The van der Waals surface area contributed by atoms with E-state index in [1.165, 1.54) is 6.26 Å². The van der Waals surface area contributed by atoms with Gasteiger partial charge < -0.3 is 0 Å². The number of hydrogen-bond acceptors (Lipinski definition) is 3. The van der Waals surface area contributed by atoms with Crippen molar-refractivity contribution in [2.45, 2.75) is 11.2 Å².